The molecule has 8 amide bonds. The third kappa shape index (κ3) is 14.9. The average Bonchev–Trinajstić information content (AvgIpc) is 4.36. The second-order valence-electron chi connectivity index (χ2n) is 24.1. The van der Waals surface area contributed by atoms with Gasteiger partial charge in [0, 0.05) is 36.3 Å². The molecule has 10 atom stereocenters. The van der Waals surface area contributed by atoms with E-state index in [4.69, 9.17) is 0 Å². The van der Waals surface area contributed by atoms with Gasteiger partial charge in [0.05, 0.1) is 24.2 Å². The van der Waals surface area contributed by atoms with Gasteiger partial charge in [0.1, 0.15) is 24.2 Å². The standard InChI is InChI=1S/C65H84N10O8/c1-38(2)55(72-57(76)39(3)66-8)63(82)74-36-47(34-53(74)61(80)70-51-22-14-18-43-16-10-12-20-49(43)51)68-59(78)45-30-26-41(27-31-45)24-25-42-28-32-46(33-29-42)60(79)69-48-35-54(62(81)71-52-23-15-19-44-17-11-13-21-50(44)52)75(37-48)64(83)56(65(5,6)7)73-58(77)40(4)67-9/h10-13,16-17,20-21,26-33,39-40,47-48,51-56,66-67H,1,14-15,18-19,22-25,34-37H2,2-9H3,(H,68,78)(H,69,79)(H,70,80)(H,71,81)(H,72,76)(H,73,77)/t39-,40-,47+,48+,51+,52+,53-,54-,55-,56+/m0/s1. The fourth-order valence-corrected chi connectivity index (χ4v) is 11.9. The second kappa shape index (κ2) is 27.1. The minimum Gasteiger partial charge on any atom is -0.347 e. The largest absolute Gasteiger partial charge is 0.347 e. The van der Waals surface area contributed by atoms with E-state index in [1.54, 1.807) is 59.1 Å². The first-order valence-corrected chi connectivity index (χ1v) is 29.4. The Hall–Kier alpha value is -7.70. The minimum atomic E-state index is -1.08. The van der Waals surface area contributed by atoms with Gasteiger partial charge in [0.15, 0.2) is 0 Å². The summed E-state index contributed by atoms with van der Waals surface area (Å²) < 4.78 is 0. The molecule has 2 saturated heterocycles. The van der Waals surface area contributed by atoms with Crippen LogP contribution in [0.15, 0.2) is 109 Å². The van der Waals surface area contributed by atoms with Crippen LogP contribution < -0.4 is 42.5 Å². The Morgan fingerprint density at radius 2 is 0.976 bits per heavy atom. The van der Waals surface area contributed by atoms with E-state index in [0.717, 1.165) is 60.8 Å². The summed E-state index contributed by atoms with van der Waals surface area (Å²) >= 11 is 0. The fraction of sp³-hybridized carbons (Fsp3) is 0.477. The summed E-state index contributed by atoms with van der Waals surface area (Å²) in [6.45, 7) is 14.8. The number of benzene rings is 4. The van der Waals surface area contributed by atoms with E-state index in [1.807, 2.05) is 81.4 Å². The zero-order valence-corrected chi connectivity index (χ0v) is 49.4. The number of likely N-dealkylation sites (N-methyl/N-ethyl adjacent to an activating group) is 2. The predicted molar refractivity (Wildman–Crippen MR) is 319 cm³/mol. The van der Waals surface area contributed by atoms with Crippen molar-refractivity contribution < 1.29 is 38.4 Å². The number of aryl methyl sites for hydroxylation is 4. The Morgan fingerprint density at radius 1 is 0.566 bits per heavy atom. The molecule has 4 aliphatic rings. The summed E-state index contributed by atoms with van der Waals surface area (Å²) in [6, 6.07) is 24.2. The molecule has 18 nitrogen and oxygen atoms in total. The minimum absolute atomic E-state index is 0.0523. The van der Waals surface area contributed by atoms with Gasteiger partial charge in [0.25, 0.3) is 11.8 Å². The highest BCUT2D eigenvalue weighted by Crippen LogP contribution is 2.33. The molecule has 0 bridgehead atoms. The molecule has 0 radical (unpaired) electrons. The molecule has 4 aromatic carbocycles. The number of hydrogen-bond acceptors (Lipinski definition) is 10. The molecule has 0 saturated carbocycles. The molecule has 4 aromatic rings. The van der Waals surface area contributed by atoms with Crippen molar-refractivity contribution in [2.24, 2.45) is 5.41 Å². The smallest absolute Gasteiger partial charge is 0.251 e. The van der Waals surface area contributed by atoms with Gasteiger partial charge in [-0.1, -0.05) is 100 Å². The van der Waals surface area contributed by atoms with Gasteiger partial charge in [-0.15, -0.1) is 0 Å². The van der Waals surface area contributed by atoms with Crippen molar-refractivity contribution in [3.8, 4) is 0 Å². The van der Waals surface area contributed by atoms with E-state index in [9.17, 15) is 38.4 Å². The lowest BCUT2D eigenvalue weighted by Gasteiger charge is -2.36. The van der Waals surface area contributed by atoms with E-state index in [1.165, 1.54) is 20.9 Å². The molecular weight excluding hydrogens is 1050 g/mol. The van der Waals surface area contributed by atoms with Gasteiger partial charge in [-0.25, -0.2) is 0 Å². The molecule has 83 heavy (non-hydrogen) atoms. The number of nitrogens with zero attached hydrogens (tertiary/aromatic N) is 2. The highest BCUT2D eigenvalue weighted by atomic mass is 16.2. The van der Waals surface area contributed by atoms with Crippen molar-refractivity contribution in [2.75, 3.05) is 27.2 Å². The Balaban J connectivity index is 0.884. The van der Waals surface area contributed by atoms with Crippen molar-refractivity contribution in [1.29, 1.82) is 0 Å². The van der Waals surface area contributed by atoms with Gasteiger partial charge in [-0.05, 0) is 168 Å². The Bertz CT molecular complexity index is 3050. The quantitative estimate of drug-likeness (QED) is 0.0548. The van der Waals surface area contributed by atoms with Crippen molar-refractivity contribution in [2.45, 2.75) is 166 Å². The summed E-state index contributed by atoms with van der Waals surface area (Å²) in [6.07, 6.45) is 6.86. The molecule has 8 rings (SSSR count). The number of fused-ring (bicyclic) bond motifs is 2. The highest BCUT2D eigenvalue weighted by molar-refractivity contribution is 5.98. The number of carbonyl (C=O) groups is 8. The monoisotopic (exact) mass is 1130 g/mol. The third-order valence-electron chi connectivity index (χ3n) is 17.0. The summed E-state index contributed by atoms with van der Waals surface area (Å²) in [7, 11) is 3.32. The number of hydrogen-bond donors (Lipinski definition) is 8. The Morgan fingerprint density at radius 3 is 1.39 bits per heavy atom. The SMILES string of the molecule is C=C(C)[C@H](NC(=O)[C@H](C)NC)C(=O)N1C[C@H](NC(=O)c2ccc(CCc3ccc(C(=O)N[C@@H]4C[C@@H](C(=O)N[C@@H]5CCCc6ccccc65)N(C(=O)[C@@H](NC(=O)[C@H](C)NC)C(C)(C)C)C4)cc3)cc2)C[C@H]1C(=O)N[C@@H]1CCCc2ccccc21. The number of nitrogens with one attached hydrogen (secondary N) is 8. The highest BCUT2D eigenvalue weighted by Gasteiger charge is 2.47. The molecular formula is C65H84N10O8. The lowest BCUT2D eigenvalue weighted by atomic mass is 9.85. The van der Waals surface area contributed by atoms with E-state index in [2.05, 4.69) is 61.2 Å². The van der Waals surface area contributed by atoms with Crippen molar-refractivity contribution in [3.63, 3.8) is 0 Å². The summed E-state index contributed by atoms with van der Waals surface area (Å²) in [4.78, 5) is 114. The first-order valence-electron chi connectivity index (χ1n) is 29.4. The van der Waals surface area contributed by atoms with Crippen LogP contribution >= 0.6 is 0 Å². The lowest BCUT2D eigenvalue weighted by molar-refractivity contribution is -0.144. The first kappa shape index (κ1) is 61.4. The van der Waals surface area contributed by atoms with Gasteiger partial charge < -0.3 is 52.3 Å². The van der Waals surface area contributed by atoms with Crippen LogP contribution in [0.2, 0.25) is 0 Å². The number of carbonyl (C=O) groups excluding carboxylic acids is 8. The molecule has 18 heteroatoms. The van der Waals surface area contributed by atoms with Crippen LogP contribution in [0.3, 0.4) is 0 Å². The van der Waals surface area contributed by atoms with Gasteiger partial charge in [-0.2, -0.15) is 0 Å². The van der Waals surface area contributed by atoms with Crippen LogP contribution in [-0.2, 0) is 54.5 Å². The fourth-order valence-electron chi connectivity index (χ4n) is 11.9. The van der Waals surface area contributed by atoms with Crippen molar-refractivity contribution in [3.05, 3.63) is 154 Å². The molecule has 0 spiro atoms. The second-order valence-corrected chi connectivity index (χ2v) is 24.1. The van der Waals surface area contributed by atoms with E-state index in [0.29, 0.717) is 29.5 Å². The summed E-state index contributed by atoms with van der Waals surface area (Å²) in [5.74, 6) is -2.92. The number of amides is 8. The Kier molecular flexibility index (Phi) is 20.1. The molecule has 0 aromatic heterocycles. The zero-order valence-electron chi connectivity index (χ0n) is 49.4. The topological polar surface area (TPSA) is 239 Å². The zero-order chi connectivity index (χ0) is 59.7. The average molecular weight is 1130 g/mol. The Labute approximate surface area is 488 Å². The predicted octanol–water partition coefficient (Wildman–Crippen LogP) is 5.07. The molecule has 2 fully saturated rings. The molecule has 8 N–H and O–H groups in total. The number of likely N-dealkylation sites (tertiary alicyclic amines) is 2. The summed E-state index contributed by atoms with van der Waals surface area (Å²) in [5, 5.41) is 24.2. The molecule has 2 aliphatic carbocycles. The van der Waals surface area contributed by atoms with Crippen LogP contribution in [0.1, 0.15) is 146 Å². The van der Waals surface area contributed by atoms with Crippen LogP contribution in [-0.4, -0.2) is 133 Å². The van der Waals surface area contributed by atoms with Gasteiger partial charge in [0.2, 0.25) is 35.4 Å². The maximum absolute atomic E-state index is 14.6. The van der Waals surface area contributed by atoms with Gasteiger partial charge in [-0.3, -0.25) is 38.4 Å². The molecule has 2 aliphatic heterocycles. The van der Waals surface area contributed by atoms with Crippen LogP contribution in [0, 0.1) is 5.41 Å². The van der Waals surface area contributed by atoms with Crippen LogP contribution in [0.25, 0.3) is 0 Å². The molecule has 2 heterocycles. The number of rotatable bonds is 20. The lowest BCUT2D eigenvalue weighted by Crippen LogP contribution is -2.59. The van der Waals surface area contributed by atoms with Crippen LogP contribution in [0.5, 0.6) is 0 Å². The third-order valence-corrected chi connectivity index (χ3v) is 17.0. The van der Waals surface area contributed by atoms with E-state index < -0.39 is 71.5 Å². The van der Waals surface area contributed by atoms with Crippen LogP contribution in [0.4, 0.5) is 0 Å². The molecule has 0 unspecified atom stereocenters. The van der Waals surface area contributed by atoms with Crippen molar-refractivity contribution >= 4 is 47.3 Å². The normalized spacial score (nSPS) is 21.6. The molecule has 442 valence electrons. The van der Waals surface area contributed by atoms with Crippen molar-refractivity contribution in [1.82, 2.24) is 52.3 Å². The van der Waals surface area contributed by atoms with E-state index in [-0.39, 0.29) is 67.6 Å². The van der Waals surface area contributed by atoms with E-state index >= 15 is 0 Å². The van der Waals surface area contributed by atoms with Gasteiger partial charge >= 0.3 is 0 Å². The maximum atomic E-state index is 14.6. The summed E-state index contributed by atoms with van der Waals surface area (Å²) in [5.41, 5.74) is 7.02. The first-order chi connectivity index (χ1) is 39.6. The maximum Gasteiger partial charge on any atom is 0.251 e.